The van der Waals surface area contributed by atoms with E-state index in [9.17, 15) is 4.79 Å². The number of carbonyl (C=O) groups excluding carboxylic acids is 1. The van der Waals surface area contributed by atoms with Crippen molar-refractivity contribution in [3.05, 3.63) is 0 Å². The van der Waals surface area contributed by atoms with Crippen LogP contribution in [0.5, 0.6) is 0 Å². The molecule has 4 heteroatoms. The number of hydrogen-bond acceptors (Lipinski definition) is 3. The van der Waals surface area contributed by atoms with Gasteiger partial charge in [-0.1, -0.05) is 26.7 Å². The Kier molecular flexibility index (Phi) is 6.06. The van der Waals surface area contributed by atoms with Crippen molar-refractivity contribution >= 4 is 5.91 Å². The Bertz CT molecular complexity index is 343. The van der Waals surface area contributed by atoms with Crippen molar-refractivity contribution in [3.63, 3.8) is 0 Å². The molecule has 3 N–H and O–H groups in total. The fourth-order valence-electron chi connectivity index (χ4n) is 4.46. The zero-order valence-corrected chi connectivity index (χ0v) is 13.9. The average Bonchev–Trinajstić information content (AvgIpc) is 2.72. The molecule has 0 spiro atoms. The van der Waals surface area contributed by atoms with Gasteiger partial charge in [-0.2, -0.15) is 0 Å². The third kappa shape index (κ3) is 3.78. The molecule has 1 saturated heterocycles. The van der Waals surface area contributed by atoms with E-state index in [4.69, 9.17) is 5.73 Å². The number of likely N-dealkylation sites (N-methyl/N-ethyl adjacent to an activating group) is 1. The summed E-state index contributed by atoms with van der Waals surface area (Å²) in [7, 11) is 0. The van der Waals surface area contributed by atoms with Crippen LogP contribution in [0.4, 0.5) is 0 Å². The second-order valence-corrected chi connectivity index (χ2v) is 6.88. The lowest BCUT2D eigenvalue weighted by molar-refractivity contribution is -0.127. The van der Waals surface area contributed by atoms with Crippen LogP contribution in [-0.4, -0.2) is 41.5 Å². The first-order valence-corrected chi connectivity index (χ1v) is 8.93. The third-order valence-electron chi connectivity index (χ3n) is 5.57. The molecular weight excluding hydrogens is 262 g/mol. The molecule has 122 valence electrons. The summed E-state index contributed by atoms with van der Waals surface area (Å²) in [5.41, 5.74) is 5.29. The van der Waals surface area contributed by atoms with Crippen LogP contribution in [0.1, 0.15) is 71.6 Å². The monoisotopic (exact) mass is 295 g/mol. The van der Waals surface area contributed by atoms with Crippen LogP contribution < -0.4 is 11.1 Å². The van der Waals surface area contributed by atoms with Gasteiger partial charge in [0.15, 0.2) is 0 Å². The van der Waals surface area contributed by atoms with Gasteiger partial charge in [0.2, 0.25) is 5.91 Å². The summed E-state index contributed by atoms with van der Waals surface area (Å²) in [6.45, 7) is 6.38. The quantitative estimate of drug-likeness (QED) is 0.819. The first-order chi connectivity index (χ1) is 10.1. The van der Waals surface area contributed by atoms with E-state index < -0.39 is 5.54 Å². The summed E-state index contributed by atoms with van der Waals surface area (Å²) in [6.07, 6.45) is 10.7. The fourth-order valence-corrected chi connectivity index (χ4v) is 4.46. The maximum absolute atomic E-state index is 12.1. The number of amides is 1. The number of hydrogen-bond donors (Lipinski definition) is 2. The summed E-state index contributed by atoms with van der Waals surface area (Å²) in [5, 5.41) is 3.41. The van der Waals surface area contributed by atoms with Crippen molar-refractivity contribution in [2.24, 2.45) is 5.73 Å². The molecule has 1 amide bonds. The normalized spacial score (nSPS) is 35.3. The lowest BCUT2D eigenvalue weighted by atomic mass is 9.77. The van der Waals surface area contributed by atoms with E-state index in [0.717, 1.165) is 25.8 Å². The highest BCUT2D eigenvalue weighted by molar-refractivity contribution is 5.84. The van der Waals surface area contributed by atoms with Gasteiger partial charge in [-0.3, -0.25) is 9.69 Å². The van der Waals surface area contributed by atoms with Gasteiger partial charge in [-0.05, 0) is 58.0 Å². The Morgan fingerprint density at radius 2 is 2.05 bits per heavy atom. The van der Waals surface area contributed by atoms with Crippen LogP contribution in [0.25, 0.3) is 0 Å². The molecule has 21 heavy (non-hydrogen) atoms. The first kappa shape index (κ1) is 16.8. The van der Waals surface area contributed by atoms with Gasteiger partial charge in [-0.15, -0.1) is 0 Å². The van der Waals surface area contributed by atoms with Gasteiger partial charge in [0, 0.05) is 12.1 Å². The zero-order chi connectivity index (χ0) is 15.3. The Morgan fingerprint density at radius 1 is 1.24 bits per heavy atom. The van der Waals surface area contributed by atoms with Gasteiger partial charge in [0.05, 0.1) is 5.54 Å². The Labute approximate surface area is 129 Å². The molecule has 1 aliphatic carbocycles. The largest absolute Gasteiger partial charge is 0.368 e. The maximum Gasteiger partial charge on any atom is 0.237 e. The van der Waals surface area contributed by atoms with E-state index in [1.807, 2.05) is 0 Å². The summed E-state index contributed by atoms with van der Waals surface area (Å²) >= 11 is 0. The van der Waals surface area contributed by atoms with Crippen LogP contribution in [0.15, 0.2) is 0 Å². The topological polar surface area (TPSA) is 58.4 Å². The number of nitrogens with one attached hydrogen (secondary N) is 1. The predicted molar refractivity (Wildman–Crippen MR) is 87.1 cm³/mol. The van der Waals surface area contributed by atoms with E-state index in [2.05, 4.69) is 24.1 Å². The fraction of sp³-hybridized carbons (Fsp3) is 0.941. The highest BCUT2D eigenvalue weighted by Crippen LogP contribution is 2.34. The maximum atomic E-state index is 12.1. The van der Waals surface area contributed by atoms with Crippen molar-refractivity contribution in [2.45, 2.75) is 89.3 Å². The molecule has 0 aromatic heterocycles. The second kappa shape index (κ2) is 7.59. The van der Waals surface area contributed by atoms with Gasteiger partial charge < -0.3 is 11.1 Å². The van der Waals surface area contributed by atoms with Crippen molar-refractivity contribution in [1.29, 1.82) is 0 Å². The number of primary amides is 1. The summed E-state index contributed by atoms with van der Waals surface area (Å²) in [6, 6.07) is 1.22. The number of likely N-dealkylation sites (tertiary alicyclic amines) is 1. The second-order valence-electron chi connectivity index (χ2n) is 6.88. The smallest absolute Gasteiger partial charge is 0.237 e. The molecular formula is C17H33N3O. The number of carbonyl (C=O) groups is 1. The van der Waals surface area contributed by atoms with Crippen LogP contribution in [-0.2, 0) is 4.79 Å². The molecule has 2 fully saturated rings. The predicted octanol–water partition coefficient (Wildman–Crippen LogP) is 2.42. The Hall–Kier alpha value is -0.610. The molecule has 3 atom stereocenters. The SMILES string of the molecule is CCNC1(C(N)=O)CCCC(N2CCCCCC2CC)C1. The van der Waals surface area contributed by atoms with Crippen molar-refractivity contribution in [2.75, 3.05) is 13.1 Å². The van der Waals surface area contributed by atoms with E-state index in [-0.39, 0.29) is 5.91 Å². The summed E-state index contributed by atoms with van der Waals surface area (Å²) in [4.78, 5) is 14.8. The summed E-state index contributed by atoms with van der Waals surface area (Å²) in [5.74, 6) is -0.156. The minimum absolute atomic E-state index is 0.156. The molecule has 0 aromatic rings. The van der Waals surface area contributed by atoms with Gasteiger partial charge >= 0.3 is 0 Å². The van der Waals surface area contributed by atoms with Crippen molar-refractivity contribution in [3.8, 4) is 0 Å². The van der Waals surface area contributed by atoms with Crippen molar-refractivity contribution in [1.82, 2.24) is 10.2 Å². The van der Waals surface area contributed by atoms with E-state index in [0.29, 0.717) is 12.1 Å². The van der Waals surface area contributed by atoms with Gasteiger partial charge in [0.25, 0.3) is 0 Å². The van der Waals surface area contributed by atoms with Crippen LogP contribution >= 0.6 is 0 Å². The zero-order valence-electron chi connectivity index (χ0n) is 13.9. The molecule has 1 heterocycles. The van der Waals surface area contributed by atoms with Crippen LogP contribution in [0, 0.1) is 0 Å². The molecule has 2 rings (SSSR count). The van der Waals surface area contributed by atoms with Crippen LogP contribution in [0.3, 0.4) is 0 Å². The molecule has 0 radical (unpaired) electrons. The van der Waals surface area contributed by atoms with Gasteiger partial charge in [-0.25, -0.2) is 0 Å². The lowest BCUT2D eigenvalue weighted by Gasteiger charge is -2.45. The highest BCUT2D eigenvalue weighted by Gasteiger charge is 2.43. The van der Waals surface area contributed by atoms with Gasteiger partial charge in [0.1, 0.15) is 0 Å². The number of nitrogens with zero attached hydrogens (tertiary/aromatic N) is 1. The average molecular weight is 295 g/mol. The van der Waals surface area contributed by atoms with Crippen LogP contribution in [0.2, 0.25) is 0 Å². The highest BCUT2D eigenvalue weighted by atomic mass is 16.1. The molecule has 0 bridgehead atoms. The lowest BCUT2D eigenvalue weighted by Crippen LogP contribution is -2.61. The van der Waals surface area contributed by atoms with Crippen molar-refractivity contribution < 1.29 is 4.79 Å². The molecule has 4 nitrogen and oxygen atoms in total. The Morgan fingerprint density at radius 3 is 2.71 bits per heavy atom. The molecule has 3 unspecified atom stereocenters. The first-order valence-electron chi connectivity index (χ1n) is 8.93. The number of rotatable bonds is 5. The molecule has 1 saturated carbocycles. The van der Waals surface area contributed by atoms with E-state index >= 15 is 0 Å². The molecule has 0 aromatic carbocycles. The minimum atomic E-state index is -0.470. The minimum Gasteiger partial charge on any atom is -0.368 e. The molecule has 1 aliphatic heterocycles. The Balaban J connectivity index is 2.12. The van der Waals surface area contributed by atoms with E-state index in [1.54, 1.807) is 0 Å². The molecule has 2 aliphatic rings. The van der Waals surface area contributed by atoms with E-state index in [1.165, 1.54) is 45.1 Å². The number of nitrogens with two attached hydrogens (primary N) is 1. The standard InChI is InChI=1S/C17H33N3O/c1-3-14-9-6-5-7-12-20(14)15-10-8-11-17(13-15,16(18)21)19-4-2/h14-15,19H,3-13H2,1-2H3,(H2,18,21). The summed E-state index contributed by atoms with van der Waals surface area (Å²) < 4.78 is 0. The third-order valence-corrected chi connectivity index (χ3v) is 5.57.